The number of benzene rings is 1. The van der Waals surface area contributed by atoms with Crippen molar-refractivity contribution in [2.75, 3.05) is 26.0 Å². The molecule has 0 unspecified atom stereocenters. The Morgan fingerprint density at radius 2 is 2.00 bits per heavy atom. The summed E-state index contributed by atoms with van der Waals surface area (Å²) in [4.78, 5) is 23.7. The molecule has 0 aliphatic heterocycles. The molecule has 0 aliphatic carbocycles. The first-order chi connectivity index (χ1) is 14.3. The molecular weight excluding hydrogens is 423 g/mol. The van der Waals surface area contributed by atoms with Gasteiger partial charge in [-0.05, 0) is 25.0 Å². The molecule has 1 aromatic carbocycles. The number of para-hydroxylation sites is 1. The van der Waals surface area contributed by atoms with Crippen molar-refractivity contribution in [3.63, 3.8) is 0 Å². The Morgan fingerprint density at radius 1 is 1.23 bits per heavy atom. The van der Waals surface area contributed by atoms with Crippen molar-refractivity contribution >= 4 is 34.3 Å². The Bertz CT molecular complexity index is 1100. The number of nitrogens with one attached hydrogen (secondary N) is 1. The first-order valence-corrected chi connectivity index (χ1v) is 10.2. The van der Waals surface area contributed by atoms with E-state index in [0.717, 1.165) is 0 Å². The van der Waals surface area contributed by atoms with Gasteiger partial charge >= 0.3 is 12.1 Å². The largest absolute Gasteiger partial charge is 0.471 e. The fraction of sp³-hybridized carbons (Fsp3) is 0.444. The Hall–Kier alpha value is -2.60. The van der Waals surface area contributed by atoms with Crippen LogP contribution in [-0.4, -0.2) is 57.3 Å². The molecule has 0 atom stereocenters. The van der Waals surface area contributed by atoms with Gasteiger partial charge in [0.25, 0.3) is 5.56 Å². The van der Waals surface area contributed by atoms with Crippen molar-refractivity contribution in [1.29, 1.82) is 0 Å². The van der Waals surface area contributed by atoms with Crippen LogP contribution in [-0.2, 0) is 16.1 Å². The quantitative estimate of drug-likeness (QED) is 0.403. The molecule has 30 heavy (non-hydrogen) atoms. The van der Waals surface area contributed by atoms with Crippen LogP contribution >= 0.6 is 11.8 Å². The average Bonchev–Trinajstić information content (AvgIpc) is 3.13. The van der Waals surface area contributed by atoms with Crippen molar-refractivity contribution in [3.8, 4) is 0 Å². The first-order valence-electron chi connectivity index (χ1n) is 9.18. The van der Waals surface area contributed by atoms with Crippen molar-refractivity contribution in [1.82, 2.24) is 24.5 Å². The van der Waals surface area contributed by atoms with Crippen LogP contribution in [0.2, 0.25) is 0 Å². The van der Waals surface area contributed by atoms with E-state index in [1.165, 1.54) is 11.8 Å². The fourth-order valence-corrected chi connectivity index (χ4v) is 3.81. The molecule has 0 radical (unpaired) electrons. The van der Waals surface area contributed by atoms with Crippen LogP contribution in [0.4, 0.5) is 13.2 Å². The number of amides is 1. The molecule has 1 amide bonds. The molecule has 2 heterocycles. The molecule has 1 N–H and O–H groups in total. The summed E-state index contributed by atoms with van der Waals surface area (Å²) in [5.41, 5.74) is 0.478. The lowest BCUT2D eigenvalue weighted by Gasteiger charge is -2.11. The standard InChI is InChI=1S/C18H20F3N5O3S/c1-29-10-5-9-25-14(27)12-6-2-3-7-13(12)26-16(25)23-24-17(26)30-11-4-8-22-15(28)18(19,20)21/h2-3,6-7H,4-5,8-11H2,1H3,(H,22,28). The summed E-state index contributed by atoms with van der Waals surface area (Å²) in [6, 6.07) is 7.10. The Kier molecular flexibility index (Phi) is 6.98. The van der Waals surface area contributed by atoms with Crippen LogP contribution < -0.4 is 10.9 Å². The third-order valence-corrected chi connectivity index (χ3v) is 5.32. The number of alkyl halides is 3. The van der Waals surface area contributed by atoms with E-state index in [1.807, 2.05) is 5.32 Å². The van der Waals surface area contributed by atoms with Gasteiger partial charge in [-0.2, -0.15) is 13.2 Å². The van der Waals surface area contributed by atoms with Crippen LogP contribution in [0.1, 0.15) is 12.8 Å². The zero-order valence-corrected chi connectivity index (χ0v) is 16.9. The van der Waals surface area contributed by atoms with Gasteiger partial charge in [0, 0.05) is 32.6 Å². The van der Waals surface area contributed by atoms with Gasteiger partial charge < -0.3 is 10.1 Å². The van der Waals surface area contributed by atoms with Gasteiger partial charge in [0.15, 0.2) is 5.16 Å². The summed E-state index contributed by atoms with van der Waals surface area (Å²) in [7, 11) is 1.59. The maximum atomic E-state index is 12.9. The molecule has 12 heteroatoms. The van der Waals surface area contributed by atoms with E-state index in [4.69, 9.17) is 4.74 Å². The highest BCUT2D eigenvalue weighted by molar-refractivity contribution is 7.99. The molecule has 2 aromatic heterocycles. The summed E-state index contributed by atoms with van der Waals surface area (Å²) < 4.78 is 45.0. The van der Waals surface area contributed by atoms with E-state index in [0.29, 0.717) is 53.6 Å². The molecule has 0 saturated heterocycles. The first kappa shape index (κ1) is 22.1. The third kappa shape index (κ3) is 4.75. The van der Waals surface area contributed by atoms with E-state index in [2.05, 4.69) is 10.2 Å². The highest BCUT2D eigenvalue weighted by atomic mass is 32.2. The summed E-state index contributed by atoms with van der Waals surface area (Å²) in [6.45, 7) is 0.794. The second-order valence-corrected chi connectivity index (χ2v) is 7.46. The highest BCUT2D eigenvalue weighted by Gasteiger charge is 2.38. The lowest BCUT2D eigenvalue weighted by atomic mass is 10.2. The molecule has 0 aliphatic rings. The number of rotatable bonds is 9. The molecule has 8 nitrogen and oxygen atoms in total. The Balaban J connectivity index is 1.81. The van der Waals surface area contributed by atoms with Crippen molar-refractivity contribution < 1.29 is 22.7 Å². The van der Waals surface area contributed by atoms with E-state index in [-0.39, 0.29) is 12.1 Å². The zero-order chi connectivity index (χ0) is 21.7. The van der Waals surface area contributed by atoms with Crippen LogP contribution in [0.5, 0.6) is 0 Å². The van der Waals surface area contributed by atoms with Crippen LogP contribution in [0.25, 0.3) is 16.7 Å². The van der Waals surface area contributed by atoms with Gasteiger partial charge in [-0.15, -0.1) is 10.2 Å². The lowest BCUT2D eigenvalue weighted by molar-refractivity contribution is -0.173. The van der Waals surface area contributed by atoms with Gasteiger partial charge in [-0.1, -0.05) is 23.9 Å². The van der Waals surface area contributed by atoms with E-state index < -0.39 is 12.1 Å². The van der Waals surface area contributed by atoms with Crippen LogP contribution in [0.15, 0.2) is 34.2 Å². The van der Waals surface area contributed by atoms with Crippen molar-refractivity contribution in [2.45, 2.75) is 30.7 Å². The summed E-state index contributed by atoms with van der Waals surface area (Å²) in [5.74, 6) is -1.15. The molecule has 0 spiro atoms. The van der Waals surface area contributed by atoms with Gasteiger partial charge in [0.1, 0.15) is 0 Å². The monoisotopic (exact) mass is 443 g/mol. The molecule has 3 rings (SSSR count). The van der Waals surface area contributed by atoms with Gasteiger partial charge in [0.05, 0.1) is 10.9 Å². The number of hydrogen-bond donors (Lipinski definition) is 1. The van der Waals surface area contributed by atoms with Crippen molar-refractivity contribution in [3.05, 3.63) is 34.6 Å². The SMILES string of the molecule is COCCCn1c(=O)c2ccccc2n2c(SCCCNC(=O)C(F)(F)F)nnc12. The predicted molar refractivity (Wildman–Crippen MR) is 106 cm³/mol. The summed E-state index contributed by atoms with van der Waals surface area (Å²) in [5, 5.41) is 11.2. The summed E-state index contributed by atoms with van der Waals surface area (Å²) >= 11 is 1.29. The highest BCUT2D eigenvalue weighted by Crippen LogP contribution is 2.22. The maximum absolute atomic E-state index is 12.9. The van der Waals surface area contributed by atoms with Gasteiger partial charge in [0.2, 0.25) is 5.78 Å². The fourth-order valence-electron chi connectivity index (χ4n) is 2.93. The van der Waals surface area contributed by atoms with E-state index in [1.54, 1.807) is 40.3 Å². The minimum Gasteiger partial charge on any atom is -0.385 e. The van der Waals surface area contributed by atoms with E-state index in [9.17, 15) is 22.8 Å². The predicted octanol–water partition coefficient (Wildman–Crippen LogP) is 2.24. The second kappa shape index (κ2) is 9.47. The number of carbonyl (C=O) groups is 1. The minimum absolute atomic E-state index is 0.107. The summed E-state index contributed by atoms with van der Waals surface area (Å²) in [6.07, 6.45) is -3.95. The lowest BCUT2D eigenvalue weighted by Crippen LogP contribution is -2.37. The van der Waals surface area contributed by atoms with Crippen LogP contribution in [0.3, 0.4) is 0 Å². The van der Waals surface area contributed by atoms with E-state index >= 15 is 0 Å². The zero-order valence-electron chi connectivity index (χ0n) is 16.1. The number of carbonyl (C=O) groups excluding carboxylic acids is 1. The molecule has 0 saturated carbocycles. The number of methoxy groups -OCH3 is 1. The number of hydrogen-bond acceptors (Lipinski definition) is 6. The number of aromatic nitrogens is 4. The third-order valence-electron chi connectivity index (χ3n) is 4.30. The van der Waals surface area contributed by atoms with Gasteiger partial charge in [-0.25, -0.2) is 0 Å². The van der Waals surface area contributed by atoms with Crippen molar-refractivity contribution in [2.24, 2.45) is 0 Å². The molecular formula is C18H20F3N5O3S. The smallest absolute Gasteiger partial charge is 0.385 e. The maximum Gasteiger partial charge on any atom is 0.471 e. The average molecular weight is 443 g/mol. The minimum atomic E-state index is -4.89. The Morgan fingerprint density at radius 3 is 2.73 bits per heavy atom. The topological polar surface area (TPSA) is 90.5 Å². The number of ether oxygens (including phenoxy) is 1. The number of aryl methyl sites for hydroxylation is 1. The number of thioether (sulfide) groups is 1. The normalized spacial score (nSPS) is 12.0. The second-order valence-electron chi connectivity index (χ2n) is 6.39. The van der Waals surface area contributed by atoms with Gasteiger partial charge in [-0.3, -0.25) is 18.6 Å². The van der Waals surface area contributed by atoms with Crippen LogP contribution in [0, 0.1) is 0 Å². The molecule has 3 aromatic rings. The number of fused-ring (bicyclic) bond motifs is 3. The molecule has 0 bridgehead atoms. The molecule has 0 fully saturated rings. The number of nitrogens with zero attached hydrogens (tertiary/aromatic N) is 4. The molecule has 162 valence electrons. The Labute approximate surface area is 173 Å². The number of halogens is 3.